The van der Waals surface area contributed by atoms with Crippen LogP contribution < -0.4 is 5.32 Å². The van der Waals surface area contributed by atoms with Crippen molar-refractivity contribution >= 4 is 24.8 Å². The van der Waals surface area contributed by atoms with Gasteiger partial charge < -0.3 is 5.32 Å². The zero-order chi connectivity index (χ0) is 16.1. The monoisotopic (exact) mass is 380 g/mol. The highest BCUT2D eigenvalue weighted by Gasteiger charge is 2.22. The van der Waals surface area contributed by atoms with Crippen molar-refractivity contribution in [3.63, 3.8) is 0 Å². The van der Waals surface area contributed by atoms with Gasteiger partial charge in [-0.1, -0.05) is 68.4 Å². The van der Waals surface area contributed by atoms with E-state index in [1.165, 1.54) is 23.1 Å². The second kappa shape index (κ2) is 10.8. The molecule has 1 N–H and O–H groups in total. The van der Waals surface area contributed by atoms with E-state index in [-0.39, 0.29) is 24.8 Å². The smallest absolute Gasteiger partial charge is 0.0351 e. The molecule has 1 aliphatic heterocycles. The van der Waals surface area contributed by atoms with Crippen molar-refractivity contribution < 1.29 is 0 Å². The number of hydrogen-bond donors (Lipinski definition) is 1. The number of piperazine rings is 1. The van der Waals surface area contributed by atoms with Gasteiger partial charge in [-0.2, -0.15) is 0 Å². The van der Waals surface area contributed by atoms with Crippen LogP contribution in [0.3, 0.4) is 0 Å². The zero-order valence-corrected chi connectivity index (χ0v) is 16.8. The summed E-state index contributed by atoms with van der Waals surface area (Å²) in [6.45, 7) is 9.17. The molecule has 0 saturated carbocycles. The molecule has 1 heterocycles. The molecular formula is C21H30Cl2N2. The normalized spacial score (nSPS) is 16.0. The van der Waals surface area contributed by atoms with E-state index in [1.807, 2.05) is 0 Å². The molecular weight excluding hydrogens is 351 g/mol. The highest BCUT2D eigenvalue weighted by molar-refractivity contribution is 5.85. The molecule has 0 aliphatic carbocycles. The molecule has 3 rings (SSSR count). The Morgan fingerprint density at radius 1 is 0.840 bits per heavy atom. The molecule has 25 heavy (non-hydrogen) atoms. The minimum absolute atomic E-state index is 0. The number of rotatable bonds is 5. The van der Waals surface area contributed by atoms with Gasteiger partial charge in [-0.15, -0.1) is 24.8 Å². The van der Waals surface area contributed by atoms with Gasteiger partial charge in [0.05, 0.1) is 0 Å². The lowest BCUT2D eigenvalue weighted by molar-refractivity contribution is 0.154. The molecule has 0 unspecified atom stereocenters. The van der Waals surface area contributed by atoms with Crippen molar-refractivity contribution in [2.24, 2.45) is 5.92 Å². The molecule has 1 aliphatic rings. The van der Waals surface area contributed by atoms with E-state index in [0.29, 0.717) is 12.0 Å². The van der Waals surface area contributed by atoms with Crippen molar-refractivity contribution in [1.29, 1.82) is 0 Å². The summed E-state index contributed by atoms with van der Waals surface area (Å²) in [7, 11) is 0. The third kappa shape index (κ3) is 6.00. The standard InChI is InChI=1S/C21H28N2.2ClH/c1-17(2)16-21(23-14-12-22-13-15-23)20-10-8-19(9-11-20)18-6-4-3-5-7-18;;/h3-11,17,21-22H,12-16H2,1-2H3;2*1H/t21-;;/m0../s1. The largest absolute Gasteiger partial charge is 0.314 e. The summed E-state index contributed by atoms with van der Waals surface area (Å²) < 4.78 is 0. The molecule has 0 aromatic heterocycles. The summed E-state index contributed by atoms with van der Waals surface area (Å²) in [5.41, 5.74) is 4.06. The van der Waals surface area contributed by atoms with Gasteiger partial charge in [0.2, 0.25) is 0 Å². The van der Waals surface area contributed by atoms with E-state index in [4.69, 9.17) is 0 Å². The number of nitrogens with zero attached hydrogens (tertiary/aromatic N) is 1. The third-order valence-electron chi connectivity index (χ3n) is 4.69. The maximum absolute atomic E-state index is 3.46. The molecule has 0 spiro atoms. The van der Waals surface area contributed by atoms with Crippen LogP contribution in [0, 0.1) is 5.92 Å². The van der Waals surface area contributed by atoms with E-state index in [0.717, 1.165) is 26.2 Å². The van der Waals surface area contributed by atoms with E-state index in [2.05, 4.69) is 78.7 Å². The van der Waals surface area contributed by atoms with E-state index in [1.54, 1.807) is 0 Å². The summed E-state index contributed by atoms with van der Waals surface area (Å²) >= 11 is 0. The number of nitrogens with one attached hydrogen (secondary N) is 1. The predicted octanol–water partition coefficient (Wildman–Crippen LogP) is 5.19. The topological polar surface area (TPSA) is 15.3 Å². The van der Waals surface area contributed by atoms with Crippen LogP contribution in [0.1, 0.15) is 31.9 Å². The number of hydrogen-bond acceptors (Lipinski definition) is 2. The summed E-state index contributed by atoms with van der Waals surface area (Å²) in [5.74, 6) is 0.712. The van der Waals surface area contributed by atoms with Gasteiger partial charge in [0.25, 0.3) is 0 Å². The lowest BCUT2D eigenvalue weighted by Crippen LogP contribution is -2.45. The first kappa shape index (κ1) is 22.0. The molecule has 2 aromatic carbocycles. The Kier molecular flexibility index (Phi) is 9.52. The maximum Gasteiger partial charge on any atom is 0.0351 e. The van der Waals surface area contributed by atoms with Crippen LogP contribution in [0.5, 0.6) is 0 Å². The van der Waals surface area contributed by atoms with Crippen LogP contribution in [0.2, 0.25) is 0 Å². The Morgan fingerprint density at radius 2 is 1.40 bits per heavy atom. The lowest BCUT2D eigenvalue weighted by Gasteiger charge is -2.36. The predicted molar refractivity (Wildman–Crippen MR) is 113 cm³/mol. The second-order valence-electron chi connectivity index (χ2n) is 6.92. The molecule has 0 bridgehead atoms. The van der Waals surface area contributed by atoms with Crippen molar-refractivity contribution in [3.8, 4) is 11.1 Å². The Hall–Kier alpha value is -1.06. The second-order valence-corrected chi connectivity index (χ2v) is 6.92. The molecule has 138 valence electrons. The molecule has 1 saturated heterocycles. The third-order valence-corrected chi connectivity index (χ3v) is 4.69. The molecule has 4 heteroatoms. The highest BCUT2D eigenvalue weighted by Crippen LogP contribution is 2.30. The van der Waals surface area contributed by atoms with Crippen LogP contribution in [0.4, 0.5) is 0 Å². The SMILES string of the molecule is CC(C)C[C@@H](c1ccc(-c2ccccc2)cc1)N1CCNCC1.Cl.Cl. The first-order chi connectivity index (χ1) is 11.2. The molecule has 0 amide bonds. The van der Waals surface area contributed by atoms with Crippen molar-refractivity contribution in [2.45, 2.75) is 26.3 Å². The average molecular weight is 381 g/mol. The summed E-state index contributed by atoms with van der Waals surface area (Å²) in [4.78, 5) is 2.65. The average Bonchev–Trinajstić information content (AvgIpc) is 2.61. The minimum atomic E-state index is 0. The van der Waals surface area contributed by atoms with Gasteiger partial charge in [0, 0.05) is 32.2 Å². The first-order valence-electron chi connectivity index (χ1n) is 8.84. The van der Waals surface area contributed by atoms with Crippen molar-refractivity contribution in [3.05, 3.63) is 60.2 Å². The molecule has 2 aromatic rings. The van der Waals surface area contributed by atoms with Crippen LogP contribution in [-0.2, 0) is 0 Å². The summed E-state index contributed by atoms with van der Waals surface area (Å²) in [5, 5.41) is 3.46. The Balaban J connectivity index is 0.00000156. The van der Waals surface area contributed by atoms with Crippen LogP contribution in [0.25, 0.3) is 11.1 Å². The van der Waals surface area contributed by atoms with Gasteiger partial charge >= 0.3 is 0 Å². The minimum Gasteiger partial charge on any atom is -0.314 e. The highest BCUT2D eigenvalue weighted by atomic mass is 35.5. The zero-order valence-electron chi connectivity index (χ0n) is 15.2. The van der Waals surface area contributed by atoms with E-state index in [9.17, 15) is 0 Å². The van der Waals surface area contributed by atoms with Gasteiger partial charge in [-0.3, -0.25) is 4.90 Å². The molecule has 0 radical (unpaired) electrons. The van der Waals surface area contributed by atoms with E-state index < -0.39 is 0 Å². The number of benzene rings is 2. The van der Waals surface area contributed by atoms with Gasteiger partial charge in [0.15, 0.2) is 0 Å². The van der Waals surface area contributed by atoms with Gasteiger partial charge in [0.1, 0.15) is 0 Å². The van der Waals surface area contributed by atoms with Crippen LogP contribution in [0.15, 0.2) is 54.6 Å². The fourth-order valence-electron chi connectivity index (χ4n) is 3.46. The first-order valence-corrected chi connectivity index (χ1v) is 8.84. The van der Waals surface area contributed by atoms with Gasteiger partial charge in [-0.05, 0) is 29.0 Å². The number of halogens is 2. The Morgan fingerprint density at radius 3 is 1.96 bits per heavy atom. The summed E-state index contributed by atoms with van der Waals surface area (Å²) in [6.07, 6.45) is 1.23. The van der Waals surface area contributed by atoms with Crippen molar-refractivity contribution in [1.82, 2.24) is 10.2 Å². The molecule has 1 atom stereocenters. The lowest BCUT2D eigenvalue weighted by atomic mass is 9.93. The Bertz CT molecular complexity index is 593. The van der Waals surface area contributed by atoms with Crippen LogP contribution >= 0.6 is 24.8 Å². The summed E-state index contributed by atoms with van der Waals surface area (Å²) in [6, 6.07) is 20.4. The Labute approximate surface area is 164 Å². The maximum atomic E-state index is 3.46. The van der Waals surface area contributed by atoms with Crippen molar-refractivity contribution in [2.75, 3.05) is 26.2 Å². The fraction of sp³-hybridized carbons (Fsp3) is 0.429. The molecule has 1 fully saturated rings. The van der Waals surface area contributed by atoms with E-state index >= 15 is 0 Å². The van der Waals surface area contributed by atoms with Gasteiger partial charge in [-0.25, -0.2) is 0 Å². The molecule has 2 nitrogen and oxygen atoms in total. The fourth-order valence-corrected chi connectivity index (χ4v) is 3.46. The quantitative estimate of drug-likeness (QED) is 0.767. The van der Waals surface area contributed by atoms with Crippen LogP contribution in [-0.4, -0.2) is 31.1 Å².